The molecule has 2 saturated heterocycles. The second kappa shape index (κ2) is 3.26. The van der Waals surface area contributed by atoms with Gasteiger partial charge in [0.05, 0.1) is 18.9 Å². The summed E-state index contributed by atoms with van der Waals surface area (Å²) in [5.41, 5.74) is -1.68. The Kier molecular flexibility index (Phi) is 1.98. The van der Waals surface area contributed by atoms with E-state index in [9.17, 15) is 14.0 Å². The van der Waals surface area contributed by atoms with Crippen LogP contribution in [-0.4, -0.2) is 28.4 Å². The Labute approximate surface area is 88.6 Å². The highest BCUT2D eigenvalue weighted by Crippen LogP contribution is 2.35. The van der Waals surface area contributed by atoms with Crippen LogP contribution in [0.25, 0.3) is 0 Å². The highest BCUT2D eigenvalue weighted by molar-refractivity contribution is 4.93. The molecule has 6 nitrogen and oxygen atoms in total. The van der Waals surface area contributed by atoms with Gasteiger partial charge in [0.25, 0.3) is 5.56 Å². The molecule has 1 N–H and O–H groups in total. The number of nitrogens with one attached hydrogen (secondary N) is 1. The number of halogens is 1. The lowest BCUT2D eigenvalue weighted by molar-refractivity contribution is -0.149. The molecule has 0 amide bonds. The maximum atomic E-state index is 13.0. The lowest BCUT2D eigenvalue weighted by Crippen LogP contribution is -2.40. The molecule has 86 valence electrons. The Morgan fingerprint density at radius 3 is 2.81 bits per heavy atom. The smallest absolute Gasteiger partial charge is 0.330 e. The van der Waals surface area contributed by atoms with E-state index in [1.807, 2.05) is 4.98 Å². The monoisotopic (exact) mass is 228 g/mol. The Morgan fingerprint density at radius 2 is 2.25 bits per heavy atom. The van der Waals surface area contributed by atoms with Crippen LogP contribution in [0.1, 0.15) is 12.6 Å². The summed E-state index contributed by atoms with van der Waals surface area (Å²) >= 11 is 0. The van der Waals surface area contributed by atoms with Crippen LogP contribution in [0.2, 0.25) is 0 Å². The summed E-state index contributed by atoms with van der Waals surface area (Å²) in [5, 5.41) is 0. The third-order valence-corrected chi connectivity index (χ3v) is 2.89. The van der Waals surface area contributed by atoms with Crippen molar-refractivity contribution in [2.45, 2.75) is 24.9 Å². The van der Waals surface area contributed by atoms with E-state index in [2.05, 4.69) is 0 Å². The lowest BCUT2D eigenvalue weighted by atomic mass is 10.1. The normalized spacial score (nSPS) is 32.2. The van der Waals surface area contributed by atoms with Crippen LogP contribution in [0.4, 0.5) is 4.39 Å². The van der Waals surface area contributed by atoms with Gasteiger partial charge < -0.3 is 9.47 Å². The zero-order valence-electron chi connectivity index (χ0n) is 8.18. The second-order valence-corrected chi connectivity index (χ2v) is 3.88. The Hall–Kier alpha value is -1.47. The minimum Gasteiger partial charge on any atom is -0.372 e. The lowest BCUT2D eigenvalue weighted by Gasteiger charge is -2.28. The minimum atomic E-state index is -1.02. The molecule has 3 heterocycles. The van der Waals surface area contributed by atoms with E-state index < -0.39 is 23.3 Å². The number of hydrogen-bond donors (Lipinski definition) is 1. The molecule has 1 aromatic heterocycles. The Bertz CT molecular complexity index is 525. The SMILES string of the molecule is O=c1[nH]c(=O)n([C@H]2C[C@@H]3OC[C@H]3O2)cc1F. The first-order valence-electron chi connectivity index (χ1n) is 4.93. The molecule has 0 radical (unpaired) electrons. The third kappa shape index (κ3) is 1.32. The molecule has 2 aliphatic heterocycles. The second-order valence-electron chi connectivity index (χ2n) is 3.88. The quantitative estimate of drug-likeness (QED) is 0.694. The predicted molar refractivity (Wildman–Crippen MR) is 49.5 cm³/mol. The predicted octanol–water partition coefficient (Wildman–Crippen LogP) is -0.638. The zero-order chi connectivity index (χ0) is 11.3. The number of aromatic amines is 1. The van der Waals surface area contributed by atoms with Gasteiger partial charge in [0.15, 0.2) is 0 Å². The van der Waals surface area contributed by atoms with Gasteiger partial charge in [-0.05, 0) is 0 Å². The minimum absolute atomic E-state index is 0.0214. The van der Waals surface area contributed by atoms with E-state index in [0.717, 1.165) is 10.8 Å². The van der Waals surface area contributed by atoms with Gasteiger partial charge in [-0.25, -0.2) is 4.79 Å². The van der Waals surface area contributed by atoms with E-state index in [1.54, 1.807) is 0 Å². The van der Waals surface area contributed by atoms with Crippen molar-refractivity contribution in [3.8, 4) is 0 Å². The van der Waals surface area contributed by atoms with Crippen molar-refractivity contribution < 1.29 is 13.9 Å². The molecule has 0 saturated carbocycles. The van der Waals surface area contributed by atoms with Crippen LogP contribution in [0, 0.1) is 5.82 Å². The summed E-state index contributed by atoms with van der Waals surface area (Å²) in [6.07, 6.45) is 0.766. The largest absolute Gasteiger partial charge is 0.372 e. The Morgan fingerprint density at radius 1 is 1.44 bits per heavy atom. The summed E-state index contributed by atoms with van der Waals surface area (Å²) in [7, 11) is 0. The first-order chi connectivity index (χ1) is 7.65. The topological polar surface area (TPSA) is 73.3 Å². The van der Waals surface area contributed by atoms with Crippen molar-refractivity contribution in [1.29, 1.82) is 0 Å². The fourth-order valence-corrected chi connectivity index (χ4v) is 1.97. The van der Waals surface area contributed by atoms with Crippen LogP contribution in [0.5, 0.6) is 0 Å². The van der Waals surface area contributed by atoms with Crippen molar-refractivity contribution in [3.63, 3.8) is 0 Å². The average Bonchev–Trinajstić information content (AvgIpc) is 2.49. The molecule has 1 aromatic rings. The molecule has 0 unspecified atom stereocenters. The van der Waals surface area contributed by atoms with Crippen molar-refractivity contribution in [3.05, 3.63) is 32.9 Å². The molecule has 0 bridgehead atoms. The molecule has 3 atom stereocenters. The summed E-state index contributed by atoms with van der Waals surface area (Å²) in [4.78, 5) is 24.2. The van der Waals surface area contributed by atoms with Gasteiger partial charge in [-0.2, -0.15) is 4.39 Å². The molecule has 0 aromatic carbocycles. The van der Waals surface area contributed by atoms with Crippen molar-refractivity contribution >= 4 is 0 Å². The van der Waals surface area contributed by atoms with Gasteiger partial charge in [0, 0.05) is 6.42 Å². The summed E-state index contributed by atoms with van der Waals surface area (Å²) in [6, 6.07) is 0. The van der Waals surface area contributed by atoms with Crippen LogP contribution in [-0.2, 0) is 9.47 Å². The summed E-state index contributed by atoms with van der Waals surface area (Å²) in [5.74, 6) is -0.997. The van der Waals surface area contributed by atoms with Crippen LogP contribution < -0.4 is 11.2 Å². The van der Waals surface area contributed by atoms with Crippen LogP contribution >= 0.6 is 0 Å². The van der Waals surface area contributed by atoms with Gasteiger partial charge in [-0.15, -0.1) is 0 Å². The molecular formula is C9H9FN2O4. The molecular weight excluding hydrogens is 219 g/mol. The molecule has 2 fully saturated rings. The van der Waals surface area contributed by atoms with E-state index in [4.69, 9.17) is 9.47 Å². The van der Waals surface area contributed by atoms with Gasteiger partial charge in [0.2, 0.25) is 5.82 Å². The average molecular weight is 228 g/mol. The van der Waals surface area contributed by atoms with E-state index in [0.29, 0.717) is 13.0 Å². The van der Waals surface area contributed by atoms with Gasteiger partial charge in [-0.3, -0.25) is 14.3 Å². The zero-order valence-corrected chi connectivity index (χ0v) is 8.18. The molecule has 0 spiro atoms. The van der Waals surface area contributed by atoms with E-state index in [1.165, 1.54) is 0 Å². The van der Waals surface area contributed by atoms with Gasteiger partial charge in [0.1, 0.15) is 12.3 Å². The first kappa shape index (κ1) is 9.73. The highest BCUT2D eigenvalue weighted by Gasteiger charge is 2.44. The maximum Gasteiger partial charge on any atom is 0.330 e. The number of nitrogens with zero attached hydrogens (tertiary/aromatic N) is 1. The number of H-pyrrole nitrogens is 1. The number of fused-ring (bicyclic) bond motifs is 1. The molecule has 0 aliphatic carbocycles. The summed E-state index contributed by atoms with van der Waals surface area (Å²) in [6.45, 7) is 0.502. The fourth-order valence-electron chi connectivity index (χ4n) is 1.97. The van der Waals surface area contributed by atoms with Crippen molar-refractivity contribution in [1.82, 2.24) is 9.55 Å². The fraction of sp³-hybridized carbons (Fsp3) is 0.556. The first-order valence-corrected chi connectivity index (χ1v) is 4.93. The molecule has 2 aliphatic rings. The van der Waals surface area contributed by atoms with Crippen LogP contribution in [0.3, 0.4) is 0 Å². The molecule has 3 rings (SSSR count). The Balaban J connectivity index is 1.97. The van der Waals surface area contributed by atoms with Crippen LogP contribution in [0.15, 0.2) is 15.8 Å². The highest BCUT2D eigenvalue weighted by atomic mass is 19.1. The van der Waals surface area contributed by atoms with Crippen molar-refractivity contribution in [2.75, 3.05) is 6.61 Å². The third-order valence-electron chi connectivity index (χ3n) is 2.89. The number of hydrogen-bond acceptors (Lipinski definition) is 4. The number of rotatable bonds is 1. The van der Waals surface area contributed by atoms with E-state index in [-0.39, 0.29) is 12.2 Å². The van der Waals surface area contributed by atoms with Crippen molar-refractivity contribution in [2.24, 2.45) is 0 Å². The number of ether oxygens (including phenoxy) is 2. The van der Waals surface area contributed by atoms with E-state index >= 15 is 0 Å². The molecule has 7 heteroatoms. The maximum absolute atomic E-state index is 13.0. The van der Waals surface area contributed by atoms with Gasteiger partial charge >= 0.3 is 5.69 Å². The number of aromatic nitrogens is 2. The standard InChI is InChI=1S/C9H9FN2O4/c10-4-2-12(9(14)11-8(4)13)7-1-5-6(16-7)3-15-5/h2,5-7H,1,3H2,(H,11,13,14)/t5-,6+,7+/m0/s1. The van der Waals surface area contributed by atoms with Gasteiger partial charge in [-0.1, -0.05) is 0 Å². The molecule has 16 heavy (non-hydrogen) atoms. The summed E-state index contributed by atoms with van der Waals surface area (Å²) < 4.78 is 24.8.